The van der Waals surface area contributed by atoms with Crippen molar-refractivity contribution in [3.8, 4) is 0 Å². The number of rotatable bonds is 1. The van der Waals surface area contributed by atoms with E-state index in [1.54, 1.807) is 11.1 Å². The van der Waals surface area contributed by atoms with Crippen molar-refractivity contribution in [3.63, 3.8) is 0 Å². The van der Waals surface area contributed by atoms with Crippen molar-refractivity contribution in [1.82, 2.24) is 0 Å². The highest BCUT2D eigenvalue weighted by Crippen LogP contribution is 2.64. The highest BCUT2D eigenvalue weighted by molar-refractivity contribution is 5.33. The molecular formula is C20H28O. The zero-order chi connectivity index (χ0) is 14.6. The highest BCUT2D eigenvalue weighted by atomic mass is 16.3. The Kier molecular flexibility index (Phi) is 3.19. The zero-order valence-corrected chi connectivity index (χ0v) is 13.3. The maximum absolute atomic E-state index is 9.81. The lowest BCUT2D eigenvalue weighted by Crippen LogP contribution is -2.44. The van der Waals surface area contributed by atoms with Crippen LogP contribution in [0.2, 0.25) is 0 Å². The quantitative estimate of drug-likeness (QED) is 0.695. The van der Waals surface area contributed by atoms with Crippen molar-refractivity contribution < 1.29 is 5.11 Å². The molecule has 1 heteroatoms. The monoisotopic (exact) mass is 284 g/mol. The maximum atomic E-state index is 9.81. The van der Waals surface area contributed by atoms with Crippen LogP contribution in [-0.4, -0.2) is 11.7 Å². The fourth-order valence-corrected chi connectivity index (χ4v) is 6.26. The standard InChI is InChI=1S/C20H28O/c1-13-11-15(12-21)20(2)10-9-17-16-6-4-3-5-14(16)7-8-18(17)19(13)20/h3-4,15,17-19,21H,1,5-12H2,2H3/t15?,17-,18-,19+,20-/m1/s1. The van der Waals surface area contributed by atoms with Gasteiger partial charge < -0.3 is 5.11 Å². The summed E-state index contributed by atoms with van der Waals surface area (Å²) in [7, 11) is 0. The van der Waals surface area contributed by atoms with Crippen LogP contribution in [-0.2, 0) is 0 Å². The van der Waals surface area contributed by atoms with Crippen LogP contribution in [0.25, 0.3) is 0 Å². The van der Waals surface area contributed by atoms with E-state index in [4.69, 9.17) is 0 Å². The van der Waals surface area contributed by atoms with E-state index in [9.17, 15) is 5.11 Å². The molecule has 2 saturated carbocycles. The van der Waals surface area contributed by atoms with Gasteiger partial charge in [0, 0.05) is 6.61 Å². The van der Waals surface area contributed by atoms with Crippen molar-refractivity contribution in [2.75, 3.05) is 6.61 Å². The van der Waals surface area contributed by atoms with Crippen molar-refractivity contribution >= 4 is 0 Å². The molecule has 5 atom stereocenters. The van der Waals surface area contributed by atoms with Gasteiger partial charge in [-0.2, -0.15) is 0 Å². The average molecular weight is 284 g/mol. The third-order valence-corrected chi connectivity index (χ3v) is 7.30. The molecule has 4 aliphatic rings. The van der Waals surface area contributed by atoms with E-state index < -0.39 is 0 Å². The Labute approximate surface area is 128 Å². The average Bonchev–Trinajstić information content (AvgIpc) is 2.77. The molecule has 4 aliphatic carbocycles. The molecular weight excluding hydrogens is 256 g/mol. The Hall–Kier alpha value is -0.820. The third kappa shape index (κ3) is 1.86. The second-order valence-electron chi connectivity index (χ2n) is 8.08. The normalized spacial score (nSPS) is 45.3. The molecule has 0 spiro atoms. The first-order valence-electron chi connectivity index (χ1n) is 8.79. The Morgan fingerprint density at radius 1 is 1.29 bits per heavy atom. The third-order valence-electron chi connectivity index (χ3n) is 7.30. The van der Waals surface area contributed by atoms with Crippen molar-refractivity contribution in [1.29, 1.82) is 0 Å². The smallest absolute Gasteiger partial charge is 0.0467 e. The molecule has 1 nitrogen and oxygen atoms in total. The maximum Gasteiger partial charge on any atom is 0.0467 e. The van der Waals surface area contributed by atoms with Crippen LogP contribution in [0.4, 0.5) is 0 Å². The van der Waals surface area contributed by atoms with Gasteiger partial charge >= 0.3 is 0 Å². The summed E-state index contributed by atoms with van der Waals surface area (Å²) in [6.45, 7) is 7.23. The predicted molar refractivity (Wildman–Crippen MR) is 86.8 cm³/mol. The van der Waals surface area contributed by atoms with Gasteiger partial charge in [0.25, 0.3) is 0 Å². The SMILES string of the molecule is C=C1CC(CO)[C@@]2(C)CC[C@@H]3C4=C(CC=CC4)CC[C@H]3[C@H]12. The van der Waals surface area contributed by atoms with E-state index in [1.165, 1.54) is 44.1 Å². The van der Waals surface area contributed by atoms with Crippen LogP contribution in [0.3, 0.4) is 0 Å². The van der Waals surface area contributed by atoms with Gasteiger partial charge in [-0.25, -0.2) is 0 Å². The molecule has 0 heterocycles. The molecule has 21 heavy (non-hydrogen) atoms. The number of allylic oxidation sites excluding steroid dienone is 5. The van der Waals surface area contributed by atoms with E-state index in [-0.39, 0.29) is 0 Å². The van der Waals surface area contributed by atoms with Crippen molar-refractivity contribution in [3.05, 3.63) is 35.5 Å². The van der Waals surface area contributed by atoms with Crippen LogP contribution >= 0.6 is 0 Å². The number of hydrogen-bond acceptors (Lipinski definition) is 1. The summed E-state index contributed by atoms with van der Waals surface area (Å²) in [5.74, 6) is 2.73. The lowest BCUT2D eigenvalue weighted by atomic mass is 9.53. The first kappa shape index (κ1) is 13.8. The summed E-state index contributed by atoms with van der Waals surface area (Å²) in [5, 5.41) is 9.81. The number of hydrogen-bond donors (Lipinski definition) is 1. The van der Waals surface area contributed by atoms with Crippen molar-refractivity contribution in [2.24, 2.45) is 29.1 Å². The first-order chi connectivity index (χ1) is 10.1. The Morgan fingerprint density at radius 2 is 2.10 bits per heavy atom. The Bertz CT molecular complexity index is 526. The molecule has 1 N–H and O–H groups in total. The molecule has 4 rings (SSSR count). The number of aliphatic hydroxyl groups excluding tert-OH is 1. The van der Waals surface area contributed by atoms with Crippen LogP contribution in [0.15, 0.2) is 35.5 Å². The molecule has 0 aromatic heterocycles. The van der Waals surface area contributed by atoms with Gasteiger partial charge in [0.1, 0.15) is 0 Å². The minimum atomic E-state index is 0.315. The number of fused-ring (bicyclic) bond motifs is 4. The molecule has 2 fully saturated rings. The highest BCUT2D eigenvalue weighted by Gasteiger charge is 2.56. The molecule has 0 amide bonds. The summed E-state index contributed by atoms with van der Waals surface area (Å²) >= 11 is 0. The van der Waals surface area contributed by atoms with E-state index in [2.05, 4.69) is 25.7 Å². The van der Waals surface area contributed by atoms with E-state index >= 15 is 0 Å². The molecule has 0 saturated heterocycles. The second kappa shape index (κ2) is 4.84. The van der Waals surface area contributed by atoms with E-state index in [0.29, 0.717) is 23.9 Å². The van der Waals surface area contributed by atoms with E-state index in [1.807, 2.05) is 0 Å². The minimum absolute atomic E-state index is 0.315. The predicted octanol–water partition coefficient (Wildman–Crippen LogP) is 4.64. The fraction of sp³-hybridized carbons (Fsp3) is 0.700. The molecule has 1 unspecified atom stereocenters. The first-order valence-corrected chi connectivity index (χ1v) is 8.79. The van der Waals surface area contributed by atoms with Gasteiger partial charge in [0.2, 0.25) is 0 Å². The topological polar surface area (TPSA) is 20.2 Å². The second-order valence-corrected chi connectivity index (χ2v) is 8.08. The molecule has 0 radical (unpaired) electrons. The van der Waals surface area contributed by atoms with Gasteiger partial charge in [-0.1, -0.05) is 42.4 Å². The zero-order valence-electron chi connectivity index (χ0n) is 13.3. The van der Waals surface area contributed by atoms with Gasteiger partial charge in [0.05, 0.1) is 0 Å². The molecule has 0 bridgehead atoms. The van der Waals surface area contributed by atoms with Gasteiger partial charge in [-0.15, -0.1) is 0 Å². The summed E-state index contributed by atoms with van der Waals surface area (Å²) in [6.07, 6.45) is 13.5. The largest absolute Gasteiger partial charge is 0.396 e. The molecule has 0 aromatic carbocycles. The van der Waals surface area contributed by atoms with Gasteiger partial charge in [-0.3, -0.25) is 0 Å². The van der Waals surface area contributed by atoms with Crippen LogP contribution in [0.1, 0.15) is 51.9 Å². The lowest BCUT2D eigenvalue weighted by Gasteiger charge is -2.51. The molecule has 0 aromatic rings. The lowest BCUT2D eigenvalue weighted by molar-refractivity contribution is 0.00690. The molecule has 114 valence electrons. The van der Waals surface area contributed by atoms with Crippen LogP contribution < -0.4 is 0 Å². The summed E-state index contributed by atoms with van der Waals surface area (Å²) in [5.41, 5.74) is 5.30. The summed E-state index contributed by atoms with van der Waals surface area (Å²) < 4.78 is 0. The van der Waals surface area contributed by atoms with Crippen LogP contribution in [0, 0.1) is 29.1 Å². The Morgan fingerprint density at radius 3 is 2.90 bits per heavy atom. The van der Waals surface area contributed by atoms with Crippen LogP contribution in [0.5, 0.6) is 0 Å². The van der Waals surface area contributed by atoms with E-state index in [0.717, 1.165) is 18.3 Å². The summed E-state index contributed by atoms with van der Waals surface area (Å²) in [6, 6.07) is 0. The Balaban J connectivity index is 1.69. The summed E-state index contributed by atoms with van der Waals surface area (Å²) in [4.78, 5) is 0. The van der Waals surface area contributed by atoms with Crippen molar-refractivity contribution in [2.45, 2.75) is 51.9 Å². The fourth-order valence-electron chi connectivity index (χ4n) is 6.26. The number of aliphatic hydroxyl groups is 1. The minimum Gasteiger partial charge on any atom is -0.396 e. The molecule has 0 aliphatic heterocycles. The van der Waals surface area contributed by atoms with Gasteiger partial charge in [-0.05, 0) is 74.0 Å². The van der Waals surface area contributed by atoms with Gasteiger partial charge in [0.15, 0.2) is 0 Å².